The van der Waals surface area contributed by atoms with E-state index in [1.807, 2.05) is 0 Å². The quantitative estimate of drug-likeness (QED) is 0.288. The summed E-state index contributed by atoms with van der Waals surface area (Å²) in [5, 5.41) is 0. The Bertz CT molecular complexity index is 163. The molecule has 0 aliphatic carbocycles. The number of rotatable bonds is 13. The molecule has 1 unspecified atom stereocenters. The molecule has 0 radical (unpaired) electrons. The van der Waals surface area contributed by atoms with Gasteiger partial charge in [-0.05, 0) is 12.8 Å². The van der Waals surface area contributed by atoms with Crippen LogP contribution in [0.15, 0.2) is 0 Å². The number of hydrogen-bond donors (Lipinski definition) is 0. The summed E-state index contributed by atoms with van der Waals surface area (Å²) in [6, 6.07) is 2.96. The molecule has 0 spiro atoms. The van der Waals surface area contributed by atoms with E-state index >= 15 is 0 Å². The molecule has 4 heteroatoms. The lowest BCUT2D eigenvalue weighted by molar-refractivity contribution is 0.117. The Hall–Kier alpha value is 0.0969. The highest BCUT2D eigenvalue weighted by Crippen LogP contribution is 2.09. The van der Waals surface area contributed by atoms with Gasteiger partial charge in [0.25, 0.3) is 0 Å². The number of epoxide rings is 1. The highest BCUT2D eigenvalue weighted by atomic mass is 28.2. The van der Waals surface area contributed by atoms with Crippen LogP contribution in [0.3, 0.4) is 0 Å². The molecule has 0 bridgehead atoms. The van der Waals surface area contributed by atoms with Gasteiger partial charge in [0.2, 0.25) is 0 Å². The van der Waals surface area contributed by atoms with Crippen molar-refractivity contribution < 1.29 is 14.2 Å². The van der Waals surface area contributed by atoms with E-state index in [4.69, 9.17) is 14.2 Å². The van der Waals surface area contributed by atoms with E-state index in [0.29, 0.717) is 6.10 Å². The van der Waals surface area contributed by atoms with Gasteiger partial charge in [-0.3, -0.25) is 0 Å². The third-order valence-electron chi connectivity index (χ3n) is 3.09. The zero-order valence-corrected chi connectivity index (χ0v) is 12.7. The second-order valence-corrected chi connectivity index (χ2v) is 6.97. The minimum atomic E-state index is 0.198. The lowest BCUT2D eigenvalue weighted by Gasteiger charge is -2.02. The minimum Gasteiger partial charge on any atom is -0.385 e. The zero-order valence-electron chi connectivity index (χ0n) is 11.3. The Balaban J connectivity index is 1.61. The Morgan fingerprint density at radius 2 is 1.82 bits per heavy atom. The molecule has 1 saturated heterocycles. The standard InChI is InChI=1S/C13H28O3Si/c1-14-7-4-2-3-5-9-17-10-6-8-15-11-13-12-16-13/h13H,2-12,17H2,1H3. The average molecular weight is 260 g/mol. The molecule has 1 atom stereocenters. The number of hydrogen-bond acceptors (Lipinski definition) is 3. The van der Waals surface area contributed by atoms with Gasteiger partial charge in [0.05, 0.1) is 13.2 Å². The first-order valence-electron chi connectivity index (χ1n) is 7.12. The molecular weight excluding hydrogens is 232 g/mol. The third-order valence-corrected chi connectivity index (χ3v) is 5.09. The molecular formula is C13H28O3Si. The Morgan fingerprint density at radius 3 is 2.59 bits per heavy atom. The van der Waals surface area contributed by atoms with E-state index in [2.05, 4.69) is 0 Å². The predicted octanol–water partition coefficient (Wildman–Crippen LogP) is 2.00. The number of ether oxygens (including phenoxy) is 3. The maximum Gasteiger partial charge on any atom is 0.104 e. The minimum absolute atomic E-state index is 0.198. The van der Waals surface area contributed by atoms with Gasteiger partial charge in [0.1, 0.15) is 6.10 Å². The van der Waals surface area contributed by atoms with Crippen LogP contribution in [-0.4, -0.2) is 49.2 Å². The summed E-state index contributed by atoms with van der Waals surface area (Å²) in [6.07, 6.45) is 7.10. The van der Waals surface area contributed by atoms with E-state index in [1.165, 1.54) is 44.2 Å². The summed E-state index contributed by atoms with van der Waals surface area (Å²) in [4.78, 5) is 0. The molecule has 1 heterocycles. The zero-order chi connectivity index (χ0) is 12.2. The van der Waals surface area contributed by atoms with Gasteiger partial charge in [-0.15, -0.1) is 0 Å². The van der Waals surface area contributed by atoms with Crippen LogP contribution in [0.1, 0.15) is 32.1 Å². The first-order chi connectivity index (χ1) is 8.43. The van der Waals surface area contributed by atoms with Crippen LogP contribution >= 0.6 is 0 Å². The Morgan fingerprint density at radius 1 is 1.06 bits per heavy atom. The monoisotopic (exact) mass is 260 g/mol. The molecule has 0 amide bonds. The lowest BCUT2D eigenvalue weighted by Crippen LogP contribution is -2.03. The summed E-state index contributed by atoms with van der Waals surface area (Å²) < 4.78 is 15.6. The Kier molecular flexibility index (Phi) is 9.99. The maximum absolute atomic E-state index is 5.51. The van der Waals surface area contributed by atoms with Crippen molar-refractivity contribution in [2.45, 2.75) is 50.3 Å². The first-order valence-corrected chi connectivity index (χ1v) is 9.12. The predicted molar refractivity (Wildman–Crippen MR) is 73.7 cm³/mol. The summed E-state index contributed by atoms with van der Waals surface area (Å²) in [5.74, 6) is 0. The molecule has 0 aromatic heterocycles. The van der Waals surface area contributed by atoms with Crippen LogP contribution in [0.4, 0.5) is 0 Å². The van der Waals surface area contributed by atoms with Gasteiger partial charge in [-0.1, -0.05) is 31.4 Å². The topological polar surface area (TPSA) is 31.0 Å². The van der Waals surface area contributed by atoms with E-state index < -0.39 is 0 Å². The Labute approximate surface area is 108 Å². The van der Waals surface area contributed by atoms with Crippen molar-refractivity contribution in [3.63, 3.8) is 0 Å². The van der Waals surface area contributed by atoms with Crippen molar-refractivity contribution in [3.8, 4) is 0 Å². The van der Waals surface area contributed by atoms with Crippen LogP contribution < -0.4 is 0 Å². The van der Waals surface area contributed by atoms with E-state index in [-0.39, 0.29) is 9.52 Å². The van der Waals surface area contributed by atoms with Crippen molar-refractivity contribution in [2.24, 2.45) is 0 Å². The van der Waals surface area contributed by atoms with Crippen molar-refractivity contribution in [3.05, 3.63) is 0 Å². The van der Waals surface area contributed by atoms with Crippen LogP contribution in [0.5, 0.6) is 0 Å². The smallest absolute Gasteiger partial charge is 0.104 e. The normalized spacial score (nSPS) is 19.2. The maximum atomic E-state index is 5.51. The number of methoxy groups -OCH3 is 1. The van der Waals surface area contributed by atoms with Gasteiger partial charge in [-0.25, -0.2) is 0 Å². The summed E-state index contributed by atoms with van der Waals surface area (Å²) in [5.41, 5.74) is 0. The molecule has 0 saturated carbocycles. The van der Waals surface area contributed by atoms with Crippen LogP contribution in [0.2, 0.25) is 12.1 Å². The average Bonchev–Trinajstić information content (AvgIpc) is 3.15. The van der Waals surface area contributed by atoms with Gasteiger partial charge >= 0.3 is 0 Å². The van der Waals surface area contributed by atoms with Gasteiger partial charge < -0.3 is 14.2 Å². The lowest BCUT2D eigenvalue weighted by atomic mass is 10.2. The molecule has 102 valence electrons. The second-order valence-electron chi connectivity index (χ2n) is 4.85. The fourth-order valence-corrected chi connectivity index (χ4v) is 3.51. The van der Waals surface area contributed by atoms with Crippen LogP contribution in [0.25, 0.3) is 0 Å². The van der Waals surface area contributed by atoms with Crippen LogP contribution in [-0.2, 0) is 14.2 Å². The van der Waals surface area contributed by atoms with E-state index in [0.717, 1.165) is 26.4 Å². The summed E-state index contributed by atoms with van der Waals surface area (Å²) >= 11 is 0. The molecule has 1 aliphatic rings. The number of unbranched alkanes of at least 4 members (excludes halogenated alkanes) is 3. The van der Waals surface area contributed by atoms with Crippen molar-refractivity contribution >= 4 is 9.52 Å². The fourth-order valence-electron chi connectivity index (χ4n) is 1.89. The SMILES string of the molecule is COCCCCCC[SiH2]CCCOCC1CO1. The summed E-state index contributed by atoms with van der Waals surface area (Å²) in [6.45, 7) is 3.61. The first kappa shape index (κ1) is 15.2. The second kappa shape index (κ2) is 11.2. The fraction of sp³-hybridized carbons (Fsp3) is 1.00. The molecule has 1 aliphatic heterocycles. The highest BCUT2D eigenvalue weighted by molar-refractivity contribution is 6.35. The van der Waals surface area contributed by atoms with Crippen molar-refractivity contribution in [2.75, 3.05) is 33.5 Å². The molecule has 3 nitrogen and oxygen atoms in total. The molecule has 0 N–H and O–H groups in total. The van der Waals surface area contributed by atoms with E-state index in [1.54, 1.807) is 7.11 Å². The van der Waals surface area contributed by atoms with Crippen LogP contribution in [0, 0.1) is 0 Å². The largest absolute Gasteiger partial charge is 0.385 e. The summed E-state index contributed by atoms with van der Waals surface area (Å²) in [7, 11) is 1.98. The van der Waals surface area contributed by atoms with Crippen molar-refractivity contribution in [1.29, 1.82) is 0 Å². The van der Waals surface area contributed by atoms with Crippen molar-refractivity contribution in [1.82, 2.24) is 0 Å². The van der Waals surface area contributed by atoms with Gasteiger partial charge in [-0.2, -0.15) is 0 Å². The molecule has 0 aromatic carbocycles. The molecule has 1 rings (SSSR count). The highest BCUT2D eigenvalue weighted by Gasteiger charge is 2.21. The van der Waals surface area contributed by atoms with Gasteiger partial charge in [0.15, 0.2) is 0 Å². The van der Waals surface area contributed by atoms with E-state index in [9.17, 15) is 0 Å². The molecule has 0 aromatic rings. The molecule has 17 heavy (non-hydrogen) atoms. The molecule has 1 fully saturated rings. The van der Waals surface area contributed by atoms with Gasteiger partial charge in [0, 0.05) is 29.8 Å². The third kappa shape index (κ3) is 10.9.